The molecule has 0 amide bonds. The Morgan fingerprint density at radius 1 is 1.14 bits per heavy atom. The highest BCUT2D eigenvalue weighted by Crippen LogP contribution is 2.65. The van der Waals surface area contributed by atoms with Crippen molar-refractivity contribution in [2.45, 2.75) is 58.0 Å². The largest absolute Gasteiger partial charge is 0.424 e. The van der Waals surface area contributed by atoms with Crippen molar-refractivity contribution >= 4 is 16.6 Å². The average molecular weight is 396 g/mol. The lowest BCUT2D eigenvalue weighted by molar-refractivity contribution is -0.120. The normalized spacial score (nSPS) is 34.4. The molecule has 0 spiro atoms. The van der Waals surface area contributed by atoms with Gasteiger partial charge in [-0.15, -0.1) is 0 Å². The summed E-state index contributed by atoms with van der Waals surface area (Å²) in [5.41, 5.74) is -0.124. The summed E-state index contributed by atoms with van der Waals surface area (Å²) < 4.78 is 19.1. The van der Waals surface area contributed by atoms with E-state index >= 15 is 0 Å². The van der Waals surface area contributed by atoms with E-state index < -0.39 is 22.5 Å². The molecule has 3 aliphatic carbocycles. The molecule has 1 N–H and O–H groups in total. The summed E-state index contributed by atoms with van der Waals surface area (Å²) in [5, 5.41) is 12.6. The fourth-order valence-corrected chi connectivity index (χ4v) is 6.39. The van der Waals surface area contributed by atoms with Crippen molar-refractivity contribution in [3.63, 3.8) is 0 Å². The van der Waals surface area contributed by atoms with Gasteiger partial charge < -0.3 is 9.52 Å². The second-order valence-electron chi connectivity index (χ2n) is 9.27. The maximum atomic E-state index is 13.5. The minimum Gasteiger partial charge on any atom is -0.424 e. The monoisotopic (exact) mass is 396 g/mol. The second kappa shape index (κ2) is 6.11. The lowest BCUT2D eigenvalue weighted by Crippen LogP contribution is -2.48. The van der Waals surface area contributed by atoms with E-state index in [-0.39, 0.29) is 22.8 Å². The van der Waals surface area contributed by atoms with Gasteiger partial charge in [0, 0.05) is 11.8 Å². The zero-order valence-electron chi connectivity index (χ0n) is 16.8. The number of hydrogen-bond acceptors (Lipinski definition) is 4. The van der Waals surface area contributed by atoms with Crippen LogP contribution in [0.25, 0.3) is 10.8 Å². The third-order valence-electron chi connectivity index (χ3n) is 8.14. The number of benzene rings is 1. The maximum Gasteiger partial charge on any atom is 0.344 e. The first-order valence-corrected chi connectivity index (χ1v) is 10.4. The summed E-state index contributed by atoms with van der Waals surface area (Å²) >= 11 is 0. The Morgan fingerprint density at radius 3 is 2.72 bits per heavy atom. The van der Waals surface area contributed by atoms with Gasteiger partial charge in [-0.1, -0.05) is 18.6 Å². The van der Waals surface area contributed by atoms with Crippen molar-refractivity contribution in [3.8, 4) is 0 Å². The van der Waals surface area contributed by atoms with Crippen molar-refractivity contribution < 1.29 is 18.7 Å². The predicted molar refractivity (Wildman–Crippen MR) is 107 cm³/mol. The van der Waals surface area contributed by atoms with Gasteiger partial charge >= 0.3 is 5.63 Å². The van der Waals surface area contributed by atoms with E-state index in [9.17, 15) is 19.1 Å². The van der Waals surface area contributed by atoms with Crippen molar-refractivity contribution in [1.29, 1.82) is 0 Å². The number of carbonyl (C=O) groups excluding carboxylic acids is 1. The minimum absolute atomic E-state index is 0.187. The fraction of sp³-hybridized carbons (Fsp3) is 0.500. The van der Waals surface area contributed by atoms with Gasteiger partial charge in [0.25, 0.3) is 0 Å². The highest BCUT2D eigenvalue weighted by molar-refractivity contribution is 5.96. The molecule has 0 saturated heterocycles. The third-order valence-corrected chi connectivity index (χ3v) is 8.14. The molecular weight excluding hydrogens is 371 g/mol. The molecule has 5 heteroatoms. The predicted octanol–water partition coefficient (Wildman–Crippen LogP) is 4.63. The van der Waals surface area contributed by atoms with Crippen LogP contribution in [0.15, 0.2) is 44.6 Å². The van der Waals surface area contributed by atoms with Gasteiger partial charge in [-0.2, -0.15) is 0 Å². The van der Waals surface area contributed by atoms with E-state index in [2.05, 4.69) is 6.92 Å². The Bertz CT molecular complexity index is 1130. The molecule has 0 aliphatic heterocycles. The van der Waals surface area contributed by atoms with Gasteiger partial charge in [0.1, 0.15) is 17.2 Å². The Balaban J connectivity index is 1.61. The van der Waals surface area contributed by atoms with Crippen LogP contribution in [-0.2, 0) is 10.4 Å². The highest BCUT2D eigenvalue weighted by atomic mass is 19.1. The zero-order chi connectivity index (χ0) is 20.6. The van der Waals surface area contributed by atoms with E-state index in [1.165, 1.54) is 17.7 Å². The zero-order valence-corrected chi connectivity index (χ0v) is 16.8. The number of fused-ring (bicyclic) bond motifs is 4. The van der Waals surface area contributed by atoms with Crippen LogP contribution in [0.5, 0.6) is 0 Å². The molecule has 1 aromatic carbocycles. The molecule has 2 saturated carbocycles. The number of allylic oxidation sites excluding steroid dienone is 2. The Kier molecular flexibility index (Phi) is 3.95. The number of halogens is 1. The number of Topliss-reactive ketones (excluding diaryl/α,β-unsaturated/α-hetero) is 1. The van der Waals surface area contributed by atoms with Crippen molar-refractivity contribution in [2.75, 3.05) is 0 Å². The third kappa shape index (κ3) is 2.46. The van der Waals surface area contributed by atoms with Crippen molar-refractivity contribution in [1.82, 2.24) is 0 Å². The smallest absolute Gasteiger partial charge is 0.344 e. The van der Waals surface area contributed by atoms with E-state index in [1.54, 1.807) is 12.1 Å². The summed E-state index contributed by atoms with van der Waals surface area (Å²) in [4.78, 5) is 24.7. The molecule has 152 valence electrons. The summed E-state index contributed by atoms with van der Waals surface area (Å²) in [6.07, 6.45) is 4.29. The molecule has 2 aromatic rings. The molecular formula is C24H25FO4. The van der Waals surface area contributed by atoms with E-state index in [1.807, 2.05) is 6.92 Å². The first-order valence-electron chi connectivity index (χ1n) is 10.4. The maximum absolute atomic E-state index is 13.5. The first-order chi connectivity index (χ1) is 13.7. The lowest BCUT2D eigenvalue weighted by Gasteiger charge is -2.50. The van der Waals surface area contributed by atoms with Gasteiger partial charge in [0.15, 0.2) is 5.78 Å². The van der Waals surface area contributed by atoms with Crippen LogP contribution < -0.4 is 5.63 Å². The summed E-state index contributed by atoms with van der Waals surface area (Å²) in [7, 11) is 0. The number of rotatable bonds is 1. The molecule has 0 unspecified atom stereocenters. The molecule has 1 heterocycles. The van der Waals surface area contributed by atoms with Crippen LogP contribution >= 0.6 is 0 Å². The Morgan fingerprint density at radius 2 is 1.93 bits per heavy atom. The SMILES string of the molecule is CC1=C2CC[C@@]3(C)[C@@H](CC[C@@]3(O)c3cc4ccc(F)cc4c(=O)o3)[C@@H]2CCC1=O. The lowest BCUT2D eigenvalue weighted by atomic mass is 9.55. The second-order valence-corrected chi connectivity index (χ2v) is 9.27. The highest BCUT2D eigenvalue weighted by Gasteiger charge is 2.62. The molecule has 2 fully saturated rings. The molecule has 3 aliphatic rings. The quantitative estimate of drug-likeness (QED) is 0.763. The number of ketones is 1. The minimum atomic E-state index is -1.25. The molecule has 1 aromatic heterocycles. The van der Waals surface area contributed by atoms with Gasteiger partial charge in [0.2, 0.25) is 0 Å². The van der Waals surface area contributed by atoms with Crippen LogP contribution in [0.2, 0.25) is 0 Å². The molecule has 4 atom stereocenters. The van der Waals surface area contributed by atoms with Crippen LogP contribution in [0.3, 0.4) is 0 Å². The summed E-state index contributed by atoms with van der Waals surface area (Å²) in [5.74, 6) is 0.594. The van der Waals surface area contributed by atoms with Gasteiger partial charge in [-0.3, -0.25) is 4.79 Å². The van der Waals surface area contributed by atoms with Crippen molar-refractivity contribution in [3.05, 3.63) is 57.4 Å². The standard InChI is InChI=1S/C24H25FO4/c1-13-16-7-9-23(2)19(17(16)5-6-20(13)26)8-10-24(23,28)21-11-14-3-4-15(25)12-18(14)22(27)29-21/h3-4,11-12,17,19,28H,5-10H2,1-2H3/t17-,19+,23+,24-/m1/s1. The number of hydrogen-bond donors (Lipinski definition) is 1. The van der Waals surface area contributed by atoms with E-state index in [4.69, 9.17) is 4.42 Å². The molecule has 4 nitrogen and oxygen atoms in total. The number of aliphatic hydroxyl groups is 1. The van der Waals surface area contributed by atoms with Gasteiger partial charge in [0.05, 0.1) is 5.39 Å². The Hall–Kier alpha value is -2.27. The van der Waals surface area contributed by atoms with Crippen LogP contribution in [0.1, 0.15) is 58.1 Å². The first kappa shape index (κ1) is 18.7. The molecule has 0 radical (unpaired) electrons. The van der Waals surface area contributed by atoms with Gasteiger partial charge in [-0.05, 0) is 80.0 Å². The van der Waals surface area contributed by atoms with Crippen LogP contribution in [0.4, 0.5) is 4.39 Å². The molecule has 5 rings (SSSR count). The van der Waals surface area contributed by atoms with Crippen LogP contribution in [0, 0.1) is 23.1 Å². The molecule has 0 bridgehead atoms. The summed E-state index contributed by atoms with van der Waals surface area (Å²) in [6, 6.07) is 5.74. The molecule has 29 heavy (non-hydrogen) atoms. The topological polar surface area (TPSA) is 67.5 Å². The van der Waals surface area contributed by atoms with Crippen LogP contribution in [-0.4, -0.2) is 10.9 Å². The Labute approximate surface area is 168 Å². The number of carbonyl (C=O) groups is 1. The van der Waals surface area contributed by atoms with Gasteiger partial charge in [-0.25, -0.2) is 9.18 Å². The van der Waals surface area contributed by atoms with Crippen molar-refractivity contribution in [2.24, 2.45) is 17.3 Å². The van der Waals surface area contributed by atoms with E-state index in [0.29, 0.717) is 24.1 Å². The summed E-state index contributed by atoms with van der Waals surface area (Å²) in [6.45, 7) is 4.04. The average Bonchev–Trinajstić information content (AvgIpc) is 2.97. The fourth-order valence-electron chi connectivity index (χ4n) is 6.39. The van der Waals surface area contributed by atoms with E-state index in [0.717, 1.165) is 31.3 Å².